The molecule has 5 heteroatoms. The molecule has 0 bridgehead atoms. The van der Waals surface area contributed by atoms with Gasteiger partial charge in [-0.25, -0.2) is 9.59 Å². The highest BCUT2D eigenvalue weighted by Gasteiger charge is 2.25. The lowest BCUT2D eigenvalue weighted by Gasteiger charge is -2.16. The van der Waals surface area contributed by atoms with Crippen LogP contribution in [0.5, 0.6) is 5.75 Å². The predicted molar refractivity (Wildman–Crippen MR) is 88.0 cm³/mol. The number of esters is 2. The van der Waals surface area contributed by atoms with Crippen molar-refractivity contribution in [1.82, 2.24) is 0 Å². The SMILES string of the molecule is CCCCCCc1cc(C(=O)OC)c(CC)c(C(=O)OC)c1O. The quantitative estimate of drug-likeness (QED) is 0.584. The van der Waals surface area contributed by atoms with Gasteiger partial charge in [0.2, 0.25) is 0 Å². The summed E-state index contributed by atoms with van der Waals surface area (Å²) in [7, 11) is 2.56. The Bertz CT molecular complexity index is 563. The number of aryl methyl sites for hydroxylation is 1. The second-order valence-corrected chi connectivity index (χ2v) is 5.43. The summed E-state index contributed by atoms with van der Waals surface area (Å²) in [6, 6.07) is 1.64. The molecule has 1 N–H and O–H groups in total. The molecule has 0 heterocycles. The third-order valence-electron chi connectivity index (χ3n) is 3.93. The average molecular weight is 322 g/mol. The Kier molecular flexibility index (Phi) is 7.59. The zero-order chi connectivity index (χ0) is 17.4. The number of aromatic hydroxyl groups is 1. The van der Waals surface area contributed by atoms with Crippen molar-refractivity contribution in [2.24, 2.45) is 0 Å². The van der Waals surface area contributed by atoms with Crippen LogP contribution in [0.25, 0.3) is 0 Å². The van der Waals surface area contributed by atoms with Crippen LogP contribution in [0.2, 0.25) is 0 Å². The van der Waals surface area contributed by atoms with Gasteiger partial charge in [0.25, 0.3) is 0 Å². The summed E-state index contributed by atoms with van der Waals surface area (Å²) in [4.78, 5) is 24.1. The standard InChI is InChI=1S/C18H26O5/c1-5-7-8-9-10-12-11-14(17(20)22-3)13(6-2)15(16(12)19)18(21)23-4/h11,19H,5-10H2,1-4H3. The van der Waals surface area contributed by atoms with Crippen LogP contribution in [0.1, 0.15) is 71.4 Å². The number of hydrogen-bond acceptors (Lipinski definition) is 5. The van der Waals surface area contributed by atoms with Gasteiger partial charge in [0.15, 0.2) is 0 Å². The zero-order valence-electron chi connectivity index (χ0n) is 14.4. The zero-order valence-corrected chi connectivity index (χ0v) is 14.4. The average Bonchev–Trinajstić information content (AvgIpc) is 2.57. The molecular formula is C18H26O5. The molecule has 1 aromatic carbocycles. The molecule has 128 valence electrons. The summed E-state index contributed by atoms with van der Waals surface area (Å²) < 4.78 is 9.59. The maximum absolute atomic E-state index is 12.1. The first-order chi connectivity index (χ1) is 11.0. The topological polar surface area (TPSA) is 72.8 Å². The molecule has 0 amide bonds. The first kappa shape index (κ1) is 19.0. The third kappa shape index (κ3) is 4.47. The van der Waals surface area contributed by atoms with E-state index < -0.39 is 11.9 Å². The van der Waals surface area contributed by atoms with Crippen molar-refractivity contribution in [3.63, 3.8) is 0 Å². The maximum atomic E-state index is 12.1. The molecule has 0 aliphatic carbocycles. The molecule has 0 fully saturated rings. The van der Waals surface area contributed by atoms with Gasteiger partial charge >= 0.3 is 11.9 Å². The number of phenols is 1. The van der Waals surface area contributed by atoms with Gasteiger partial charge in [0.1, 0.15) is 11.3 Å². The predicted octanol–water partition coefficient (Wildman–Crippen LogP) is 3.65. The van der Waals surface area contributed by atoms with Gasteiger partial charge in [-0.05, 0) is 36.5 Å². The van der Waals surface area contributed by atoms with Crippen molar-refractivity contribution < 1.29 is 24.2 Å². The fourth-order valence-electron chi connectivity index (χ4n) is 2.68. The highest BCUT2D eigenvalue weighted by Crippen LogP contribution is 2.32. The van der Waals surface area contributed by atoms with Crippen LogP contribution in [0, 0.1) is 0 Å². The molecule has 0 saturated heterocycles. The summed E-state index contributed by atoms with van der Waals surface area (Å²) >= 11 is 0. The molecule has 0 unspecified atom stereocenters. The van der Waals surface area contributed by atoms with Crippen molar-refractivity contribution in [3.05, 3.63) is 28.3 Å². The van der Waals surface area contributed by atoms with Gasteiger partial charge in [-0.15, -0.1) is 0 Å². The molecule has 0 saturated carbocycles. The van der Waals surface area contributed by atoms with Crippen LogP contribution < -0.4 is 0 Å². The lowest BCUT2D eigenvalue weighted by atomic mass is 9.92. The van der Waals surface area contributed by atoms with Gasteiger partial charge in [0.05, 0.1) is 19.8 Å². The molecule has 0 spiro atoms. The van der Waals surface area contributed by atoms with Gasteiger partial charge in [0, 0.05) is 0 Å². The van der Waals surface area contributed by atoms with E-state index >= 15 is 0 Å². The lowest BCUT2D eigenvalue weighted by Crippen LogP contribution is -2.14. The van der Waals surface area contributed by atoms with E-state index in [-0.39, 0.29) is 11.3 Å². The fourth-order valence-corrected chi connectivity index (χ4v) is 2.68. The van der Waals surface area contributed by atoms with E-state index in [4.69, 9.17) is 9.47 Å². The van der Waals surface area contributed by atoms with E-state index in [1.54, 1.807) is 6.07 Å². The van der Waals surface area contributed by atoms with Crippen LogP contribution in [-0.2, 0) is 22.3 Å². The Labute approximate surface area is 137 Å². The van der Waals surface area contributed by atoms with Crippen LogP contribution in [0.15, 0.2) is 6.07 Å². The summed E-state index contributed by atoms with van der Waals surface area (Å²) in [5.74, 6) is -1.24. The second-order valence-electron chi connectivity index (χ2n) is 5.43. The van der Waals surface area contributed by atoms with Crippen molar-refractivity contribution in [3.8, 4) is 5.75 Å². The normalized spacial score (nSPS) is 10.4. The van der Waals surface area contributed by atoms with Crippen LogP contribution in [0.3, 0.4) is 0 Å². The number of carbonyl (C=O) groups is 2. The molecule has 1 rings (SSSR count). The molecule has 23 heavy (non-hydrogen) atoms. The number of rotatable bonds is 8. The monoisotopic (exact) mass is 322 g/mol. The largest absolute Gasteiger partial charge is 0.507 e. The Balaban J connectivity index is 3.35. The van der Waals surface area contributed by atoms with E-state index in [0.29, 0.717) is 29.5 Å². The molecular weight excluding hydrogens is 296 g/mol. The summed E-state index contributed by atoms with van der Waals surface area (Å²) in [5.41, 5.74) is 1.43. The summed E-state index contributed by atoms with van der Waals surface area (Å²) in [6.45, 7) is 3.94. The van der Waals surface area contributed by atoms with Gasteiger partial charge in [-0.1, -0.05) is 33.1 Å². The molecule has 0 aliphatic rings. The Morgan fingerprint density at radius 3 is 2.22 bits per heavy atom. The number of benzene rings is 1. The molecule has 0 aliphatic heterocycles. The van der Waals surface area contributed by atoms with Gasteiger partial charge in [-0.3, -0.25) is 0 Å². The minimum Gasteiger partial charge on any atom is -0.507 e. The molecule has 0 aromatic heterocycles. The number of methoxy groups -OCH3 is 2. The Morgan fingerprint density at radius 1 is 1.04 bits per heavy atom. The number of ether oxygens (including phenoxy) is 2. The number of unbranched alkanes of at least 4 members (excludes halogenated alkanes) is 3. The van der Waals surface area contributed by atoms with Crippen LogP contribution in [0.4, 0.5) is 0 Å². The molecule has 0 atom stereocenters. The minimum atomic E-state index is -0.639. The van der Waals surface area contributed by atoms with Gasteiger partial charge < -0.3 is 14.6 Å². The maximum Gasteiger partial charge on any atom is 0.341 e. The number of hydrogen-bond donors (Lipinski definition) is 1. The Hall–Kier alpha value is -2.04. The van der Waals surface area contributed by atoms with E-state index in [1.807, 2.05) is 6.92 Å². The van der Waals surface area contributed by atoms with Crippen molar-refractivity contribution in [2.75, 3.05) is 14.2 Å². The minimum absolute atomic E-state index is 0.0726. The van der Waals surface area contributed by atoms with E-state index in [9.17, 15) is 14.7 Å². The first-order valence-electron chi connectivity index (χ1n) is 8.06. The number of phenolic OH excluding ortho intramolecular Hbond substituents is 1. The molecule has 1 aromatic rings. The smallest absolute Gasteiger partial charge is 0.341 e. The molecule has 0 radical (unpaired) electrons. The van der Waals surface area contributed by atoms with E-state index in [1.165, 1.54) is 14.2 Å². The van der Waals surface area contributed by atoms with Crippen molar-refractivity contribution >= 4 is 11.9 Å². The Morgan fingerprint density at radius 2 is 1.70 bits per heavy atom. The fraction of sp³-hybridized carbons (Fsp3) is 0.556. The highest BCUT2D eigenvalue weighted by atomic mass is 16.5. The first-order valence-corrected chi connectivity index (χ1v) is 8.06. The van der Waals surface area contributed by atoms with E-state index in [0.717, 1.165) is 25.7 Å². The van der Waals surface area contributed by atoms with Crippen molar-refractivity contribution in [2.45, 2.75) is 52.4 Å². The van der Waals surface area contributed by atoms with E-state index in [2.05, 4.69) is 6.92 Å². The summed E-state index contributed by atoms with van der Waals surface area (Å²) in [5, 5.41) is 10.5. The lowest BCUT2D eigenvalue weighted by molar-refractivity contribution is 0.0594. The van der Waals surface area contributed by atoms with Crippen molar-refractivity contribution in [1.29, 1.82) is 0 Å². The van der Waals surface area contributed by atoms with Crippen LogP contribution >= 0.6 is 0 Å². The molecule has 5 nitrogen and oxygen atoms in total. The van der Waals surface area contributed by atoms with Gasteiger partial charge in [-0.2, -0.15) is 0 Å². The third-order valence-corrected chi connectivity index (χ3v) is 3.93. The summed E-state index contributed by atoms with van der Waals surface area (Å²) in [6.07, 6.45) is 5.16. The highest BCUT2D eigenvalue weighted by molar-refractivity contribution is 6.00. The van der Waals surface area contributed by atoms with Crippen LogP contribution in [-0.4, -0.2) is 31.3 Å². The second kappa shape index (κ2) is 9.18. The number of carbonyl (C=O) groups excluding carboxylic acids is 2.